The van der Waals surface area contributed by atoms with E-state index in [1.165, 1.54) is 12.7 Å². The number of hydrogen-bond acceptors (Lipinski definition) is 4. The minimum absolute atomic E-state index is 0.0991. The van der Waals surface area contributed by atoms with Crippen molar-refractivity contribution in [3.8, 4) is 6.07 Å². The maximum Gasteiger partial charge on any atom is 0.311 e. The maximum absolute atomic E-state index is 14.2. The van der Waals surface area contributed by atoms with E-state index in [1.807, 2.05) is 6.08 Å². The minimum atomic E-state index is -0.502. The molecule has 0 aliphatic heterocycles. The SMILES string of the molecule is C=C(C)[C@@H]1CC[C@]2(C)[C@H](C(=O)C=C3[C@@H]4C[C@](C)(C(=O)OC)CC[C@]4(C)CC[C@]32C)[C@@]1(C)CCC#N. The Balaban J connectivity index is 1.84. The Hall–Kier alpha value is -1.89. The van der Waals surface area contributed by atoms with Crippen LogP contribution in [0.1, 0.15) is 99.3 Å². The van der Waals surface area contributed by atoms with Crippen LogP contribution in [0.4, 0.5) is 0 Å². The number of carbonyl (C=O) groups is 2. The average molecular weight is 480 g/mol. The van der Waals surface area contributed by atoms with Crippen LogP contribution in [-0.2, 0) is 14.3 Å². The average Bonchev–Trinajstić information content (AvgIpc) is 2.79. The molecule has 0 aromatic rings. The molecule has 4 aliphatic carbocycles. The number of ketones is 1. The van der Waals surface area contributed by atoms with E-state index < -0.39 is 5.41 Å². The third kappa shape index (κ3) is 3.51. The van der Waals surface area contributed by atoms with Crippen LogP contribution >= 0.6 is 0 Å². The second kappa shape index (κ2) is 8.32. The van der Waals surface area contributed by atoms with Crippen molar-refractivity contribution in [1.29, 1.82) is 5.26 Å². The number of esters is 1. The summed E-state index contributed by atoms with van der Waals surface area (Å²) in [6.45, 7) is 17.9. The van der Waals surface area contributed by atoms with Gasteiger partial charge in [0.1, 0.15) is 0 Å². The van der Waals surface area contributed by atoms with Gasteiger partial charge in [-0.1, -0.05) is 45.4 Å². The number of nitrogens with zero attached hydrogens (tertiary/aromatic N) is 1. The van der Waals surface area contributed by atoms with Crippen LogP contribution in [0.5, 0.6) is 0 Å². The Morgan fingerprint density at radius 1 is 1.14 bits per heavy atom. The van der Waals surface area contributed by atoms with Gasteiger partial charge in [-0.25, -0.2) is 0 Å². The zero-order valence-corrected chi connectivity index (χ0v) is 23.1. The third-order valence-electron chi connectivity index (χ3n) is 11.9. The fourth-order valence-corrected chi connectivity index (χ4v) is 9.46. The van der Waals surface area contributed by atoms with Crippen LogP contribution in [0.3, 0.4) is 0 Å². The van der Waals surface area contributed by atoms with Gasteiger partial charge < -0.3 is 4.74 Å². The lowest BCUT2D eigenvalue weighted by Gasteiger charge is -2.68. The highest BCUT2D eigenvalue weighted by Gasteiger charge is 2.68. The zero-order chi connectivity index (χ0) is 26.0. The molecular weight excluding hydrogens is 434 g/mol. The van der Waals surface area contributed by atoms with Gasteiger partial charge in [0.2, 0.25) is 0 Å². The first kappa shape index (κ1) is 26.2. The largest absolute Gasteiger partial charge is 0.469 e. The molecule has 0 aromatic heterocycles. The van der Waals surface area contributed by atoms with Crippen LogP contribution in [0.25, 0.3) is 0 Å². The highest BCUT2D eigenvalue weighted by molar-refractivity contribution is 5.95. The summed E-state index contributed by atoms with van der Waals surface area (Å²) in [5, 5.41) is 9.47. The number of carbonyl (C=O) groups excluding carboxylic acids is 2. The van der Waals surface area contributed by atoms with E-state index >= 15 is 0 Å². The van der Waals surface area contributed by atoms with Gasteiger partial charge in [0.25, 0.3) is 0 Å². The first-order valence-electron chi connectivity index (χ1n) is 13.6. The number of fused-ring (bicyclic) bond motifs is 5. The third-order valence-corrected chi connectivity index (χ3v) is 11.9. The molecule has 8 atom stereocenters. The van der Waals surface area contributed by atoms with Crippen LogP contribution < -0.4 is 0 Å². The lowest BCUT2D eigenvalue weighted by atomic mass is 9.35. The zero-order valence-electron chi connectivity index (χ0n) is 23.1. The molecule has 0 aromatic carbocycles. The van der Waals surface area contributed by atoms with Crippen molar-refractivity contribution >= 4 is 11.8 Å². The van der Waals surface area contributed by atoms with E-state index in [2.05, 4.69) is 54.2 Å². The van der Waals surface area contributed by atoms with Crippen LogP contribution in [0, 0.1) is 56.2 Å². The second-order valence-corrected chi connectivity index (χ2v) is 13.7. The molecule has 0 saturated heterocycles. The van der Waals surface area contributed by atoms with Gasteiger partial charge in [-0.3, -0.25) is 9.59 Å². The molecule has 4 heteroatoms. The van der Waals surface area contributed by atoms with E-state index in [4.69, 9.17) is 4.74 Å². The number of nitriles is 1. The molecule has 3 saturated carbocycles. The smallest absolute Gasteiger partial charge is 0.311 e. The summed E-state index contributed by atoms with van der Waals surface area (Å²) < 4.78 is 5.23. The fraction of sp³-hybridized carbons (Fsp3) is 0.774. The summed E-state index contributed by atoms with van der Waals surface area (Å²) in [5.74, 6) is 0.464. The van der Waals surface area contributed by atoms with E-state index in [-0.39, 0.29) is 51.2 Å². The highest BCUT2D eigenvalue weighted by Crippen LogP contribution is 2.73. The Bertz CT molecular complexity index is 1020. The summed E-state index contributed by atoms with van der Waals surface area (Å²) in [7, 11) is 1.49. The van der Waals surface area contributed by atoms with Gasteiger partial charge >= 0.3 is 5.97 Å². The Labute approximate surface area is 212 Å². The Kier molecular flexibility index (Phi) is 6.22. The Morgan fingerprint density at radius 3 is 2.40 bits per heavy atom. The first-order valence-corrected chi connectivity index (χ1v) is 13.6. The molecular formula is C31H45NO3. The van der Waals surface area contributed by atoms with Crippen LogP contribution in [0.15, 0.2) is 23.8 Å². The van der Waals surface area contributed by atoms with E-state index in [9.17, 15) is 14.9 Å². The van der Waals surface area contributed by atoms with Gasteiger partial charge in [0.15, 0.2) is 5.78 Å². The molecule has 192 valence electrons. The Morgan fingerprint density at radius 2 is 1.80 bits per heavy atom. The van der Waals surface area contributed by atoms with E-state index in [0.717, 1.165) is 56.9 Å². The topological polar surface area (TPSA) is 67.2 Å². The molecule has 4 nitrogen and oxygen atoms in total. The van der Waals surface area contributed by atoms with Crippen molar-refractivity contribution in [2.45, 2.75) is 99.3 Å². The number of hydrogen-bond donors (Lipinski definition) is 0. The molecule has 0 N–H and O–H groups in total. The summed E-state index contributed by atoms with van der Waals surface area (Å²) in [6.07, 6.45) is 10.0. The molecule has 0 radical (unpaired) electrons. The number of rotatable bonds is 4. The fourth-order valence-electron chi connectivity index (χ4n) is 9.46. The maximum atomic E-state index is 14.2. The summed E-state index contributed by atoms with van der Waals surface area (Å²) >= 11 is 0. The molecule has 0 unspecified atom stereocenters. The van der Waals surface area contributed by atoms with Crippen molar-refractivity contribution in [2.24, 2.45) is 44.8 Å². The summed E-state index contributed by atoms with van der Waals surface area (Å²) in [4.78, 5) is 27.0. The van der Waals surface area contributed by atoms with Gasteiger partial charge in [0.05, 0.1) is 18.6 Å². The quantitative estimate of drug-likeness (QED) is 0.316. The molecule has 4 rings (SSSR count). The van der Waals surface area contributed by atoms with Crippen molar-refractivity contribution in [3.63, 3.8) is 0 Å². The molecule has 4 aliphatic rings. The van der Waals surface area contributed by atoms with Crippen molar-refractivity contribution < 1.29 is 14.3 Å². The summed E-state index contributed by atoms with van der Waals surface area (Å²) in [5.41, 5.74) is 1.49. The molecule has 0 bridgehead atoms. The molecule has 0 spiro atoms. The van der Waals surface area contributed by atoms with Crippen molar-refractivity contribution in [1.82, 2.24) is 0 Å². The van der Waals surface area contributed by atoms with E-state index in [1.54, 1.807) is 0 Å². The van der Waals surface area contributed by atoms with Crippen molar-refractivity contribution in [3.05, 3.63) is 23.8 Å². The number of methoxy groups -OCH3 is 1. The van der Waals surface area contributed by atoms with Gasteiger partial charge in [-0.2, -0.15) is 5.26 Å². The van der Waals surface area contributed by atoms with Crippen molar-refractivity contribution in [2.75, 3.05) is 7.11 Å². The number of allylic oxidation sites excluding steroid dienone is 3. The first-order chi connectivity index (χ1) is 16.2. The van der Waals surface area contributed by atoms with Crippen LogP contribution in [-0.4, -0.2) is 18.9 Å². The monoisotopic (exact) mass is 479 g/mol. The van der Waals surface area contributed by atoms with Gasteiger partial charge in [0, 0.05) is 12.3 Å². The normalized spacial score (nSPS) is 46.9. The molecule has 3 fully saturated rings. The standard InChI is InChI=1S/C31H45NO3/c1-20(2)21-10-12-31(7)25(29(21,5)11-9-17-32)24(33)18-22-23-19-28(4,26(34)35-8)14-13-27(23,3)15-16-30(22,31)6/h18,21,23,25H,1,9-16,19H2,2-8H3/t21-,23-,25+,27+,28+,29-,30+,31+/m0/s1. The molecule has 35 heavy (non-hydrogen) atoms. The number of ether oxygens (including phenoxy) is 1. The van der Waals surface area contributed by atoms with Gasteiger partial charge in [-0.15, -0.1) is 0 Å². The summed E-state index contributed by atoms with van der Waals surface area (Å²) in [6, 6.07) is 2.36. The predicted molar refractivity (Wildman–Crippen MR) is 138 cm³/mol. The molecule has 0 heterocycles. The lowest BCUT2D eigenvalue weighted by molar-refractivity contribution is -0.167. The van der Waals surface area contributed by atoms with Gasteiger partial charge in [-0.05, 0) is 105 Å². The lowest BCUT2D eigenvalue weighted by Crippen LogP contribution is -2.63. The highest BCUT2D eigenvalue weighted by atomic mass is 16.5. The minimum Gasteiger partial charge on any atom is -0.469 e. The molecule has 0 amide bonds. The second-order valence-electron chi connectivity index (χ2n) is 13.7. The predicted octanol–water partition coefficient (Wildman–Crippen LogP) is 7.20. The van der Waals surface area contributed by atoms with Crippen LogP contribution in [0.2, 0.25) is 0 Å². The van der Waals surface area contributed by atoms with E-state index in [0.29, 0.717) is 6.42 Å².